The van der Waals surface area contributed by atoms with E-state index in [-0.39, 0.29) is 11.7 Å². The number of likely N-dealkylation sites (tertiary alicyclic amines) is 1. The number of carbonyl (C=O) groups excluding carboxylic acids is 1. The average Bonchev–Trinajstić information content (AvgIpc) is 3.61. The van der Waals surface area contributed by atoms with Gasteiger partial charge in [-0.25, -0.2) is 12.7 Å². The number of nitrogens with two attached hydrogens (primary N) is 1. The molecule has 5 rings (SSSR count). The first kappa shape index (κ1) is 27.8. The lowest BCUT2D eigenvalue weighted by Crippen LogP contribution is -2.39. The number of primary amides is 1. The lowest BCUT2D eigenvalue weighted by molar-refractivity contribution is 0.100. The van der Waals surface area contributed by atoms with Crippen LogP contribution < -0.4 is 11.1 Å². The molecular formula is C30H41N5O3S. The second-order valence-corrected chi connectivity index (χ2v) is 13.0. The van der Waals surface area contributed by atoms with Crippen molar-refractivity contribution in [1.82, 2.24) is 19.5 Å². The number of sulfonamides is 1. The van der Waals surface area contributed by atoms with Gasteiger partial charge < -0.3 is 20.9 Å². The second kappa shape index (κ2) is 12.2. The zero-order valence-corrected chi connectivity index (χ0v) is 23.7. The summed E-state index contributed by atoms with van der Waals surface area (Å²) >= 11 is 0. The Kier molecular flexibility index (Phi) is 8.71. The monoisotopic (exact) mass is 551 g/mol. The Hall–Kier alpha value is -2.72. The molecule has 1 aromatic heterocycles. The van der Waals surface area contributed by atoms with E-state index in [1.807, 2.05) is 18.3 Å². The Bertz CT molecular complexity index is 1400. The van der Waals surface area contributed by atoms with Crippen molar-refractivity contribution in [2.24, 2.45) is 5.73 Å². The number of hydrogen-bond donors (Lipinski definition) is 3. The first-order valence-corrected chi connectivity index (χ1v) is 15.9. The van der Waals surface area contributed by atoms with Crippen LogP contribution in [0.1, 0.15) is 66.4 Å². The summed E-state index contributed by atoms with van der Waals surface area (Å²) in [4.78, 5) is 18.1. The highest BCUT2D eigenvalue weighted by Gasteiger charge is 2.30. The zero-order valence-electron chi connectivity index (χ0n) is 22.9. The van der Waals surface area contributed by atoms with Gasteiger partial charge in [-0.3, -0.25) is 4.79 Å². The molecule has 39 heavy (non-hydrogen) atoms. The van der Waals surface area contributed by atoms with Crippen LogP contribution in [-0.2, 0) is 16.6 Å². The van der Waals surface area contributed by atoms with Gasteiger partial charge in [0.25, 0.3) is 5.91 Å². The largest absolute Gasteiger partial charge is 0.366 e. The summed E-state index contributed by atoms with van der Waals surface area (Å²) in [6.45, 7) is 7.87. The van der Waals surface area contributed by atoms with E-state index in [0.717, 1.165) is 73.2 Å². The third kappa shape index (κ3) is 6.38. The number of rotatable bonds is 11. The highest BCUT2D eigenvalue weighted by atomic mass is 32.2. The minimum Gasteiger partial charge on any atom is -0.366 e. The van der Waals surface area contributed by atoms with Gasteiger partial charge in [-0.05, 0) is 105 Å². The predicted molar refractivity (Wildman–Crippen MR) is 157 cm³/mol. The molecule has 0 bridgehead atoms. The quantitative estimate of drug-likeness (QED) is 0.333. The van der Waals surface area contributed by atoms with Crippen molar-refractivity contribution in [2.75, 3.05) is 45.0 Å². The predicted octanol–water partition coefficient (Wildman–Crippen LogP) is 4.04. The topological polar surface area (TPSA) is 112 Å². The Balaban J connectivity index is 1.33. The molecule has 0 saturated carbocycles. The molecule has 0 radical (unpaired) electrons. The summed E-state index contributed by atoms with van der Waals surface area (Å²) in [5.41, 5.74) is 11.3. The number of benzene rings is 2. The number of amides is 1. The fraction of sp³-hybridized carbons (Fsp3) is 0.500. The van der Waals surface area contributed by atoms with E-state index in [1.54, 1.807) is 4.31 Å². The van der Waals surface area contributed by atoms with Gasteiger partial charge in [0.2, 0.25) is 10.0 Å². The summed E-state index contributed by atoms with van der Waals surface area (Å²) in [7, 11) is -3.25. The second-order valence-electron chi connectivity index (χ2n) is 10.9. The van der Waals surface area contributed by atoms with Crippen molar-refractivity contribution in [3.05, 3.63) is 59.3 Å². The summed E-state index contributed by atoms with van der Waals surface area (Å²) in [5, 5.41) is 4.35. The van der Waals surface area contributed by atoms with Crippen LogP contribution in [0.15, 0.2) is 42.6 Å². The number of aromatic nitrogens is 1. The van der Waals surface area contributed by atoms with Crippen LogP contribution in [-0.4, -0.2) is 73.5 Å². The number of nitrogens with one attached hydrogen (secondary N) is 2. The van der Waals surface area contributed by atoms with Crippen LogP contribution in [0.2, 0.25) is 0 Å². The van der Waals surface area contributed by atoms with Crippen molar-refractivity contribution in [3.63, 3.8) is 0 Å². The molecule has 0 unspecified atom stereocenters. The number of aromatic amines is 1. The Labute approximate surface area is 232 Å². The lowest BCUT2D eigenvalue weighted by Gasteiger charge is -2.31. The smallest absolute Gasteiger partial charge is 0.250 e. The van der Waals surface area contributed by atoms with Crippen molar-refractivity contribution in [3.8, 4) is 11.1 Å². The number of fused-ring (bicyclic) bond motifs is 1. The summed E-state index contributed by atoms with van der Waals surface area (Å²) in [6.07, 6.45) is 6.63. The number of nitrogens with zero attached hydrogens (tertiary/aromatic N) is 2. The molecule has 210 valence electrons. The van der Waals surface area contributed by atoms with Crippen molar-refractivity contribution in [1.29, 1.82) is 0 Å². The molecule has 8 nitrogen and oxygen atoms in total. The van der Waals surface area contributed by atoms with Gasteiger partial charge in [-0.15, -0.1) is 0 Å². The molecule has 3 heterocycles. The highest BCUT2D eigenvalue weighted by molar-refractivity contribution is 7.89. The first-order valence-electron chi connectivity index (χ1n) is 14.3. The molecule has 4 N–H and O–H groups in total. The normalized spacial score (nSPS) is 17.8. The molecule has 0 spiro atoms. The molecule has 9 heteroatoms. The molecule has 0 atom stereocenters. The van der Waals surface area contributed by atoms with Crippen LogP contribution >= 0.6 is 0 Å². The average molecular weight is 552 g/mol. The van der Waals surface area contributed by atoms with Gasteiger partial charge in [0.1, 0.15) is 0 Å². The maximum Gasteiger partial charge on any atom is 0.250 e. The van der Waals surface area contributed by atoms with E-state index in [0.29, 0.717) is 25.1 Å². The van der Waals surface area contributed by atoms with E-state index in [9.17, 15) is 13.2 Å². The SMILES string of the molecule is CCNCc1cccc(-c2cc(C(N)=O)c3[nH]cc(C4CCN(S(=O)(=O)CCCN5CCCC5)CC4)c3c2)c1. The summed E-state index contributed by atoms with van der Waals surface area (Å²) in [6, 6.07) is 12.3. The van der Waals surface area contributed by atoms with Crippen LogP contribution in [0.25, 0.3) is 22.0 Å². The van der Waals surface area contributed by atoms with Gasteiger partial charge in [0.05, 0.1) is 16.8 Å². The molecule has 2 aliphatic rings. The van der Waals surface area contributed by atoms with E-state index in [1.165, 1.54) is 18.4 Å². The Morgan fingerprint density at radius 3 is 2.56 bits per heavy atom. The van der Waals surface area contributed by atoms with Crippen molar-refractivity contribution >= 4 is 26.8 Å². The first-order chi connectivity index (χ1) is 18.9. The molecule has 2 aliphatic heterocycles. The van der Waals surface area contributed by atoms with Crippen molar-refractivity contribution < 1.29 is 13.2 Å². The highest BCUT2D eigenvalue weighted by Crippen LogP contribution is 2.37. The standard InChI is InChI=1S/C30H41N5O3S/c1-2-32-20-22-7-5-8-24(17-22)25-18-26-28(21-33-29(26)27(19-25)30(31)36)23-9-14-35(15-10-23)39(37,38)16-6-13-34-11-3-4-12-34/h5,7-8,17-19,21,23,32-33H,2-4,6,9-16,20H2,1H3,(H2,31,36). The maximum absolute atomic E-state index is 13.0. The number of hydrogen-bond acceptors (Lipinski definition) is 5. The Morgan fingerprint density at radius 1 is 1.08 bits per heavy atom. The van der Waals surface area contributed by atoms with E-state index < -0.39 is 15.9 Å². The van der Waals surface area contributed by atoms with E-state index >= 15 is 0 Å². The molecule has 1 amide bonds. The molecular weight excluding hydrogens is 510 g/mol. The molecule has 2 aromatic carbocycles. The number of piperidine rings is 1. The van der Waals surface area contributed by atoms with Crippen LogP contribution in [0.3, 0.4) is 0 Å². The van der Waals surface area contributed by atoms with Gasteiger partial charge in [-0.1, -0.05) is 25.1 Å². The summed E-state index contributed by atoms with van der Waals surface area (Å²) in [5.74, 6) is -0.0286. The van der Waals surface area contributed by atoms with Crippen LogP contribution in [0.5, 0.6) is 0 Å². The fourth-order valence-corrected chi connectivity index (χ4v) is 7.65. The van der Waals surface area contributed by atoms with Gasteiger partial charge >= 0.3 is 0 Å². The molecule has 3 aromatic rings. The number of carbonyl (C=O) groups is 1. The zero-order chi connectivity index (χ0) is 27.4. The minimum atomic E-state index is -3.25. The molecule has 2 fully saturated rings. The third-order valence-electron chi connectivity index (χ3n) is 8.29. The Morgan fingerprint density at radius 2 is 1.85 bits per heavy atom. The fourth-order valence-electron chi connectivity index (χ4n) is 6.13. The van der Waals surface area contributed by atoms with Crippen molar-refractivity contribution in [2.45, 2.75) is 51.5 Å². The van der Waals surface area contributed by atoms with E-state index in [2.05, 4.69) is 46.4 Å². The maximum atomic E-state index is 13.0. The van der Waals surface area contributed by atoms with Crippen LogP contribution in [0.4, 0.5) is 0 Å². The van der Waals surface area contributed by atoms with Gasteiger partial charge in [0.15, 0.2) is 0 Å². The lowest BCUT2D eigenvalue weighted by atomic mass is 9.88. The summed E-state index contributed by atoms with van der Waals surface area (Å²) < 4.78 is 27.7. The third-order valence-corrected chi connectivity index (χ3v) is 10.2. The molecule has 2 saturated heterocycles. The van der Waals surface area contributed by atoms with E-state index in [4.69, 9.17) is 5.73 Å². The number of H-pyrrole nitrogens is 1. The van der Waals surface area contributed by atoms with Crippen LogP contribution in [0, 0.1) is 0 Å². The van der Waals surface area contributed by atoms with Gasteiger partial charge in [-0.2, -0.15) is 0 Å². The van der Waals surface area contributed by atoms with Gasteiger partial charge in [0, 0.05) is 31.2 Å². The minimum absolute atomic E-state index is 0.214. The molecule has 0 aliphatic carbocycles.